The molecule has 0 radical (unpaired) electrons. The first-order chi connectivity index (χ1) is 23.9. The summed E-state index contributed by atoms with van der Waals surface area (Å²) >= 11 is 0. The van der Waals surface area contributed by atoms with Gasteiger partial charge in [0, 0.05) is 25.7 Å². The monoisotopic (exact) mass is 682 g/mol. The molecule has 14 heteroatoms. The number of amides is 4. The van der Waals surface area contributed by atoms with E-state index in [0.29, 0.717) is 51.7 Å². The van der Waals surface area contributed by atoms with Crippen LogP contribution in [0.3, 0.4) is 0 Å². The van der Waals surface area contributed by atoms with Crippen molar-refractivity contribution in [3.8, 4) is 11.5 Å². The van der Waals surface area contributed by atoms with Crippen LogP contribution in [0, 0.1) is 0 Å². The summed E-state index contributed by atoms with van der Waals surface area (Å²) in [5, 5.41) is 24.9. The van der Waals surface area contributed by atoms with E-state index >= 15 is 0 Å². The lowest BCUT2D eigenvalue weighted by atomic mass is 10.1. The van der Waals surface area contributed by atoms with Gasteiger partial charge in [-0.2, -0.15) is 10.2 Å². The van der Waals surface area contributed by atoms with Crippen molar-refractivity contribution in [1.82, 2.24) is 21.8 Å². The number of rotatable bonds is 26. The molecule has 268 valence electrons. The van der Waals surface area contributed by atoms with Crippen LogP contribution in [0.5, 0.6) is 11.5 Å². The second-order valence-electron chi connectivity index (χ2n) is 11.4. The van der Waals surface area contributed by atoms with Crippen molar-refractivity contribution in [1.29, 1.82) is 0 Å². The first-order valence-electron chi connectivity index (χ1n) is 16.8. The van der Waals surface area contributed by atoms with Crippen LogP contribution in [-0.2, 0) is 19.2 Å². The van der Waals surface area contributed by atoms with E-state index in [1.165, 1.54) is 0 Å². The molecule has 49 heavy (non-hydrogen) atoms. The van der Waals surface area contributed by atoms with E-state index in [-0.39, 0.29) is 24.7 Å². The number of hydrazone groups is 2. The average molecular weight is 683 g/mol. The Bertz CT molecular complexity index is 1200. The Morgan fingerprint density at radius 1 is 0.490 bits per heavy atom. The fraction of sp³-hybridized carbons (Fsp3) is 0.486. The third-order valence-electron chi connectivity index (χ3n) is 7.26. The number of nitrogens with one attached hydrogen (secondary N) is 4. The van der Waals surface area contributed by atoms with E-state index in [1.807, 2.05) is 48.5 Å². The van der Waals surface area contributed by atoms with Crippen molar-refractivity contribution >= 4 is 36.1 Å². The molecule has 0 aliphatic heterocycles. The molecule has 2 rings (SSSR count). The molecule has 0 saturated carbocycles. The van der Waals surface area contributed by atoms with Crippen LogP contribution in [0.15, 0.2) is 58.7 Å². The second-order valence-corrected chi connectivity index (χ2v) is 11.4. The van der Waals surface area contributed by atoms with Gasteiger partial charge in [0.25, 0.3) is 0 Å². The van der Waals surface area contributed by atoms with Crippen LogP contribution in [0.4, 0.5) is 0 Å². The smallest absolute Gasteiger partial charge is 0.243 e. The lowest BCUT2D eigenvalue weighted by molar-refractivity contribution is -0.130. The molecule has 0 aliphatic rings. The lowest BCUT2D eigenvalue weighted by Crippen LogP contribution is -2.18. The maximum atomic E-state index is 11.9. The minimum atomic E-state index is -0.396. The number of hydrogen-bond acceptors (Lipinski definition) is 10. The Morgan fingerprint density at radius 3 is 1.16 bits per heavy atom. The van der Waals surface area contributed by atoms with Crippen LogP contribution >= 0.6 is 0 Å². The van der Waals surface area contributed by atoms with Gasteiger partial charge in [0.2, 0.25) is 23.6 Å². The first-order valence-corrected chi connectivity index (χ1v) is 16.8. The van der Waals surface area contributed by atoms with E-state index < -0.39 is 11.8 Å². The molecule has 0 spiro atoms. The molecule has 0 saturated heterocycles. The largest absolute Gasteiger partial charge is 0.494 e. The van der Waals surface area contributed by atoms with E-state index in [4.69, 9.17) is 19.9 Å². The number of ether oxygens (including phenoxy) is 2. The normalized spacial score (nSPS) is 11.0. The fourth-order valence-corrected chi connectivity index (χ4v) is 4.49. The summed E-state index contributed by atoms with van der Waals surface area (Å²) in [6.07, 6.45) is 13.2. The number of carbonyl (C=O) groups is 4. The molecule has 2 aromatic rings. The maximum absolute atomic E-state index is 11.9. The number of hydroxylamine groups is 2. The molecule has 4 amide bonds. The molecule has 14 nitrogen and oxygen atoms in total. The standard InChI is InChI=1S/C35H50N6O8/c42-32(12-6-1-3-8-14-34(44)40-46)38-36-26-28-16-20-30(21-17-28)48-24-10-5-11-25-49-31-22-18-29(19-23-31)27-37-39-33(43)13-7-2-4-9-15-35(45)41-47/h16-23,26-27,46-47H,1-15,24-25H2,(H,38,42)(H,39,43)(H,40,44)(H,41,45)/b36-26+,37-27+. The summed E-state index contributed by atoms with van der Waals surface area (Å²) in [6.45, 7) is 1.18. The van der Waals surface area contributed by atoms with Gasteiger partial charge in [0.05, 0.1) is 25.6 Å². The SMILES string of the molecule is O=C(CCCCCCC(=O)N/N=C/c1ccc(OCCCCCOc2ccc(/C=N/NC(=O)CCCCCCC(=O)NO)cc2)cc1)NO. The van der Waals surface area contributed by atoms with Crippen molar-refractivity contribution < 1.29 is 39.1 Å². The van der Waals surface area contributed by atoms with Crippen molar-refractivity contribution in [2.24, 2.45) is 10.2 Å². The highest BCUT2D eigenvalue weighted by Crippen LogP contribution is 2.14. The van der Waals surface area contributed by atoms with Crippen molar-refractivity contribution in [2.75, 3.05) is 13.2 Å². The van der Waals surface area contributed by atoms with Crippen molar-refractivity contribution in [3.63, 3.8) is 0 Å². The highest BCUT2D eigenvalue weighted by molar-refractivity contribution is 5.83. The summed E-state index contributed by atoms with van der Waals surface area (Å²) in [6, 6.07) is 14.9. The predicted octanol–water partition coefficient (Wildman–Crippen LogP) is 4.91. The molecule has 0 heterocycles. The summed E-state index contributed by atoms with van der Waals surface area (Å²) in [7, 11) is 0. The van der Waals surface area contributed by atoms with Gasteiger partial charge >= 0.3 is 0 Å². The summed E-state index contributed by atoms with van der Waals surface area (Å²) in [5.41, 5.74) is 9.92. The van der Waals surface area contributed by atoms with Gasteiger partial charge in [-0.05, 0) is 105 Å². The Kier molecular flexibility index (Phi) is 21.6. The Labute approximate surface area is 287 Å². The van der Waals surface area contributed by atoms with Gasteiger partial charge in [-0.3, -0.25) is 29.6 Å². The number of carbonyl (C=O) groups excluding carboxylic acids is 4. The Balaban J connectivity index is 1.48. The predicted molar refractivity (Wildman–Crippen MR) is 184 cm³/mol. The fourth-order valence-electron chi connectivity index (χ4n) is 4.49. The quantitative estimate of drug-likeness (QED) is 0.0348. The third-order valence-corrected chi connectivity index (χ3v) is 7.26. The molecule has 0 fully saturated rings. The van der Waals surface area contributed by atoms with E-state index in [1.54, 1.807) is 23.4 Å². The van der Waals surface area contributed by atoms with Crippen LogP contribution in [0.25, 0.3) is 0 Å². The van der Waals surface area contributed by atoms with Crippen LogP contribution in [0.2, 0.25) is 0 Å². The summed E-state index contributed by atoms with van der Waals surface area (Å²) in [4.78, 5) is 45.7. The van der Waals surface area contributed by atoms with Gasteiger partial charge in [-0.15, -0.1) is 0 Å². The first kappa shape index (κ1) is 40.4. The molecular formula is C35H50N6O8. The molecule has 0 aliphatic carbocycles. The molecule has 0 unspecified atom stereocenters. The van der Waals surface area contributed by atoms with Gasteiger partial charge in [-0.25, -0.2) is 21.8 Å². The maximum Gasteiger partial charge on any atom is 0.243 e. The van der Waals surface area contributed by atoms with E-state index in [0.717, 1.165) is 67.6 Å². The van der Waals surface area contributed by atoms with Crippen LogP contribution in [0.1, 0.15) is 107 Å². The lowest BCUT2D eigenvalue weighted by Gasteiger charge is -2.08. The topological polar surface area (TPSA) is 200 Å². The Morgan fingerprint density at radius 2 is 0.816 bits per heavy atom. The summed E-state index contributed by atoms with van der Waals surface area (Å²) < 4.78 is 11.6. The minimum absolute atomic E-state index is 0.163. The molecule has 0 atom stereocenters. The molecule has 0 aromatic heterocycles. The highest BCUT2D eigenvalue weighted by Gasteiger charge is 2.03. The zero-order valence-corrected chi connectivity index (χ0v) is 28.0. The van der Waals surface area contributed by atoms with E-state index in [9.17, 15) is 19.2 Å². The van der Waals surface area contributed by atoms with Crippen LogP contribution < -0.4 is 31.3 Å². The molecule has 6 N–H and O–H groups in total. The van der Waals surface area contributed by atoms with Crippen molar-refractivity contribution in [2.45, 2.75) is 96.3 Å². The van der Waals surface area contributed by atoms with Gasteiger partial charge < -0.3 is 9.47 Å². The zero-order valence-electron chi connectivity index (χ0n) is 28.0. The number of hydrogen-bond donors (Lipinski definition) is 6. The summed E-state index contributed by atoms with van der Waals surface area (Å²) in [5.74, 6) is 0.401. The second kappa shape index (κ2) is 26.2. The van der Waals surface area contributed by atoms with Gasteiger partial charge in [0.1, 0.15) is 11.5 Å². The number of nitrogens with zero attached hydrogens (tertiary/aromatic N) is 2. The third kappa shape index (κ3) is 20.9. The van der Waals surface area contributed by atoms with Gasteiger partial charge in [-0.1, -0.05) is 25.7 Å². The highest BCUT2D eigenvalue weighted by atomic mass is 16.5. The number of benzene rings is 2. The zero-order chi connectivity index (χ0) is 35.4. The van der Waals surface area contributed by atoms with Crippen molar-refractivity contribution in [3.05, 3.63) is 59.7 Å². The van der Waals surface area contributed by atoms with Crippen LogP contribution in [-0.4, -0.2) is 59.7 Å². The Hall–Kier alpha value is -4.82. The minimum Gasteiger partial charge on any atom is -0.494 e. The molecular weight excluding hydrogens is 632 g/mol. The van der Waals surface area contributed by atoms with E-state index in [2.05, 4.69) is 21.1 Å². The average Bonchev–Trinajstić information content (AvgIpc) is 3.11. The van der Waals surface area contributed by atoms with Gasteiger partial charge in [0.15, 0.2) is 0 Å². The molecule has 2 aromatic carbocycles. The molecule has 0 bridgehead atoms. The number of unbranched alkanes of at least 4 members (excludes halogenated alkanes) is 8.